The molecule has 1 aliphatic rings. The number of anilines is 1. The van der Waals surface area contributed by atoms with Crippen LogP contribution in [0.2, 0.25) is 0 Å². The van der Waals surface area contributed by atoms with Gasteiger partial charge in [-0.25, -0.2) is 4.98 Å². The zero-order chi connectivity index (χ0) is 14.7. The van der Waals surface area contributed by atoms with Crippen molar-refractivity contribution in [1.82, 2.24) is 10.3 Å². The first-order valence-electron chi connectivity index (χ1n) is 7.34. The maximum atomic E-state index is 5.60. The number of nitrogens with one attached hydrogen (secondary N) is 1. The minimum absolute atomic E-state index is 0.662. The Labute approximate surface area is 124 Å². The Kier molecular flexibility index (Phi) is 4.10. The lowest BCUT2D eigenvalue weighted by atomic mass is 10.1. The second kappa shape index (κ2) is 6.18. The van der Waals surface area contributed by atoms with E-state index >= 15 is 0 Å². The molecule has 2 heterocycles. The Bertz CT molecular complexity index is 601. The fourth-order valence-corrected chi connectivity index (χ4v) is 2.67. The van der Waals surface area contributed by atoms with E-state index in [1.807, 2.05) is 13.0 Å². The summed E-state index contributed by atoms with van der Waals surface area (Å²) in [6.07, 6.45) is 2.90. The first-order chi connectivity index (χ1) is 10.3. The summed E-state index contributed by atoms with van der Waals surface area (Å²) in [7, 11) is 1.69. The Balaban J connectivity index is 1.91. The number of methoxy groups -OCH3 is 1. The molecule has 0 amide bonds. The van der Waals surface area contributed by atoms with Crippen LogP contribution in [0.5, 0.6) is 5.75 Å². The average Bonchev–Trinajstić information content (AvgIpc) is 2.77. The van der Waals surface area contributed by atoms with Gasteiger partial charge in [0.15, 0.2) is 11.7 Å². The molecule has 0 spiro atoms. The third kappa shape index (κ3) is 3.03. The van der Waals surface area contributed by atoms with Crippen LogP contribution >= 0.6 is 0 Å². The summed E-state index contributed by atoms with van der Waals surface area (Å²) < 4.78 is 11.1. The Morgan fingerprint density at radius 3 is 2.95 bits per heavy atom. The Morgan fingerprint density at radius 1 is 1.29 bits per heavy atom. The highest BCUT2D eigenvalue weighted by molar-refractivity contribution is 5.70. The summed E-state index contributed by atoms with van der Waals surface area (Å²) in [6, 6.07) is 6.26. The second-order valence-corrected chi connectivity index (χ2v) is 5.22. The molecule has 5 heteroatoms. The topological polar surface area (TPSA) is 50.5 Å². The normalized spacial score (nSPS) is 15.8. The highest BCUT2D eigenvalue weighted by Gasteiger charge is 2.15. The molecule has 3 rings (SSSR count). The van der Waals surface area contributed by atoms with Gasteiger partial charge in [0.2, 0.25) is 0 Å². The van der Waals surface area contributed by atoms with E-state index in [1.165, 1.54) is 5.69 Å². The van der Waals surface area contributed by atoms with Gasteiger partial charge < -0.3 is 19.4 Å². The van der Waals surface area contributed by atoms with E-state index in [1.54, 1.807) is 13.3 Å². The highest BCUT2D eigenvalue weighted by atomic mass is 16.5. The number of rotatable bonds is 3. The van der Waals surface area contributed by atoms with Crippen molar-refractivity contribution in [3.8, 4) is 17.1 Å². The molecule has 0 bridgehead atoms. The van der Waals surface area contributed by atoms with Crippen molar-refractivity contribution in [1.29, 1.82) is 0 Å². The molecule has 0 atom stereocenters. The van der Waals surface area contributed by atoms with Gasteiger partial charge in [-0.1, -0.05) is 0 Å². The quantitative estimate of drug-likeness (QED) is 0.939. The summed E-state index contributed by atoms with van der Waals surface area (Å²) in [5.74, 6) is 2.23. The smallest absolute Gasteiger partial charge is 0.191 e. The van der Waals surface area contributed by atoms with Crippen molar-refractivity contribution >= 4 is 5.69 Å². The number of oxazole rings is 1. The molecule has 0 radical (unpaired) electrons. The lowest BCUT2D eigenvalue weighted by Gasteiger charge is -2.23. The fourth-order valence-electron chi connectivity index (χ4n) is 2.67. The number of nitrogens with zero attached hydrogens (tertiary/aromatic N) is 2. The maximum Gasteiger partial charge on any atom is 0.191 e. The second-order valence-electron chi connectivity index (χ2n) is 5.22. The molecular weight excluding hydrogens is 266 g/mol. The van der Waals surface area contributed by atoms with Crippen molar-refractivity contribution in [3.05, 3.63) is 30.3 Å². The number of benzene rings is 1. The van der Waals surface area contributed by atoms with Crippen molar-refractivity contribution in [3.63, 3.8) is 0 Å². The van der Waals surface area contributed by atoms with E-state index in [9.17, 15) is 0 Å². The van der Waals surface area contributed by atoms with E-state index in [2.05, 4.69) is 27.3 Å². The predicted molar refractivity (Wildman–Crippen MR) is 82.9 cm³/mol. The number of ether oxygens (including phenoxy) is 1. The van der Waals surface area contributed by atoms with Gasteiger partial charge >= 0.3 is 0 Å². The van der Waals surface area contributed by atoms with Gasteiger partial charge in [0.25, 0.3) is 0 Å². The van der Waals surface area contributed by atoms with E-state index in [0.717, 1.165) is 49.7 Å². The van der Waals surface area contributed by atoms with Crippen LogP contribution in [0.3, 0.4) is 0 Å². The SMILES string of the molecule is COc1cc(N2CCCNCC2)ccc1-c1cnc(C)o1. The Morgan fingerprint density at radius 2 is 2.19 bits per heavy atom. The molecule has 2 aromatic rings. The summed E-state index contributed by atoms with van der Waals surface area (Å²) in [4.78, 5) is 6.54. The minimum Gasteiger partial charge on any atom is -0.496 e. The molecule has 5 nitrogen and oxygen atoms in total. The van der Waals surface area contributed by atoms with E-state index in [4.69, 9.17) is 9.15 Å². The van der Waals surface area contributed by atoms with Crippen molar-refractivity contribution in [2.75, 3.05) is 38.2 Å². The van der Waals surface area contributed by atoms with E-state index in [-0.39, 0.29) is 0 Å². The highest BCUT2D eigenvalue weighted by Crippen LogP contribution is 2.34. The van der Waals surface area contributed by atoms with Crippen LogP contribution < -0.4 is 15.0 Å². The summed E-state index contributed by atoms with van der Waals surface area (Å²) in [5, 5.41) is 3.42. The van der Waals surface area contributed by atoms with Crippen LogP contribution in [-0.2, 0) is 0 Å². The van der Waals surface area contributed by atoms with Crippen molar-refractivity contribution < 1.29 is 9.15 Å². The molecule has 21 heavy (non-hydrogen) atoms. The van der Waals surface area contributed by atoms with Crippen LogP contribution in [0.25, 0.3) is 11.3 Å². The van der Waals surface area contributed by atoms with Gasteiger partial charge in [0, 0.05) is 38.3 Å². The molecule has 1 N–H and O–H groups in total. The molecule has 0 aliphatic carbocycles. The molecule has 1 aromatic heterocycles. The number of hydrogen-bond donors (Lipinski definition) is 1. The van der Waals surface area contributed by atoms with Crippen LogP contribution in [0.4, 0.5) is 5.69 Å². The largest absolute Gasteiger partial charge is 0.496 e. The average molecular weight is 287 g/mol. The van der Waals surface area contributed by atoms with E-state index in [0.29, 0.717) is 5.89 Å². The minimum atomic E-state index is 0.662. The van der Waals surface area contributed by atoms with Gasteiger partial charge in [-0.2, -0.15) is 0 Å². The first-order valence-corrected chi connectivity index (χ1v) is 7.34. The predicted octanol–water partition coefficient (Wildman–Crippen LogP) is 2.46. The van der Waals surface area contributed by atoms with Gasteiger partial charge in [0.1, 0.15) is 5.75 Å². The van der Waals surface area contributed by atoms with Crippen molar-refractivity contribution in [2.45, 2.75) is 13.3 Å². The van der Waals surface area contributed by atoms with Crippen LogP contribution in [0.1, 0.15) is 12.3 Å². The standard InChI is InChI=1S/C16H21N3O2/c1-12-18-11-16(21-12)14-5-4-13(10-15(14)20-2)19-8-3-6-17-7-9-19/h4-5,10-11,17H,3,6-9H2,1-2H3. The number of aryl methyl sites for hydroxylation is 1. The number of aromatic nitrogens is 1. The third-order valence-electron chi connectivity index (χ3n) is 3.78. The van der Waals surface area contributed by atoms with Gasteiger partial charge in [-0.05, 0) is 25.1 Å². The van der Waals surface area contributed by atoms with Crippen LogP contribution in [0.15, 0.2) is 28.8 Å². The molecule has 1 aromatic carbocycles. The summed E-state index contributed by atoms with van der Waals surface area (Å²) in [6.45, 7) is 6.03. The van der Waals surface area contributed by atoms with Crippen molar-refractivity contribution in [2.24, 2.45) is 0 Å². The molecule has 1 saturated heterocycles. The van der Waals surface area contributed by atoms with Gasteiger partial charge in [0.05, 0.1) is 18.9 Å². The molecule has 0 unspecified atom stereocenters. The lowest BCUT2D eigenvalue weighted by Crippen LogP contribution is -2.27. The lowest BCUT2D eigenvalue weighted by molar-refractivity contribution is 0.414. The maximum absolute atomic E-state index is 5.60. The fraction of sp³-hybridized carbons (Fsp3) is 0.438. The molecule has 0 saturated carbocycles. The summed E-state index contributed by atoms with van der Waals surface area (Å²) in [5.41, 5.74) is 2.13. The Hall–Kier alpha value is -2.01. The summed E-state index contributed by atoms with van der Waals surface area (Å²) >= 11 is 0. The zero-order valence-corrected chi connectivity index (χ0v) is 12.6. The van der Waals surface area contributed by atoms with Crippen LogP contribution in [0, 0.1) is 6.92 Å². The van der Waals surface area contributed by atoms with E-state index < -0.39 is 0 Å². The molecular formula is C16H21N3O2. The van der Waals surface area contributed by atoms with Crippen LogP contribution in [-0.4, -0.2) is 38.3 Å². The monoisotopic (exact) mass is 287 g/mol. The van der Waals surface area contributed by atoms with Gasteiger partial charge in [-0.15, -0.1) is 0 Å². The van der Waals surface area contributed by atoms with Gasteiger partial charge in [-0.3, -0.25) is 0 Å². The number of hydrogen-bond acceptors (Lipinski definition) is 5. The zero-order valence-electron chi connectivity index (χ0n) is 12.6. The first kappa shape index (κ1) is 13.9. The molecule has 1 aliphatic heterocycles. The third-order valence-corrected chi connectivity index (χ3v) is 3.78. The molecule has 112 valence electrons. The molecule has 1 fully saturated rings.